The van der Waals surface area contributed by atoms with Crippen LogP contribution in [-0.4, -0.2) is 15.7 Å². The molecule has 0 aliphatic heterocycles. The molecule has 0 heterocycles. The first-order chi connectivity index (χ1) is 9.47. The Balaban J connectivity index is 2.17. The van der Waals surface area contributed by atoms with Crippen LogP contribution in [0.5, 0.6) is 0 Å². The number of hydrogen-bond acceptors (Lipinski definition) is 2. The predicted molar refractivity (Wildman–Crippen MR) is 83.0 cm³/mol. The molecule has 2 aromatic carbocycles. The van der Waals surface area contributed by atoms with Crippen molar-refractivity contribution < 1.29 is 9.00 Å². The zero-order chi connectivity index (χ0) is 14.7. The number of rotatable bonds is 4. The van der Waals surface area contributed by atoms with E-state index in [1.54, 1.807) is 24.3 Å². The summed E-state index contributed by atoms with van der Waals surface area (Å²) < 4.78 is 12.3. The van der Waals surface area contributed by atoms with Crippen LogP contribution in [0.2, 0.25) is 5.02 Å². The Bertz CT molecular complexity index is 680. The highest BCUT2D eigenvalue weighted by molar-refractivity contribution is 7.85. The van der Waals surface area contributed by atoms with Gasteiger partial charge in [-0.2, -0.15) is 0 Å². The topological polar surface area (TPSA) is 34.1 Å². The van der Waals surface area contributed by atoms with Gasteiger partial charge in [-0.1, -0.05) is 41.4 Å². The molecule has 4 heteroatoms. The number of carbonyl (C=O) groups excluding carboxylic acids is 1. The van der Waals surface area contributed by atoms with Gasteiger partial charge in [-0.25, -0.2) is 0 Å². The second kappa shape index (κ2) is 6.33. The van der Waals surface area contributed by atoms with E-state index in [0.29, 0.717) is 15.5 Å². The largest absolute Gasteiger partial charge is 0.293 e. The molecule has 0 aromatic heterocycles. The maximum atomic E-state index is 12.3. The van der Waals surface area contributed by atoms with E-state index in [4.69, 9.17) is 11.6 Å². The molecule has 0 amide bonds. The molecule has 1 atom stereocenters. The van der Waals surface area contributed by atoms with E-state index in [9.17, 15) is 9.00 Å². The van der Waals surface area contributed by atoms with Crippen LogP contribution >= 0.6 is 11.6 Å². The van der Waals surface area contributed by atoms with Gasteiger partial charge in [0.05, 0.1) is 16.6 Å². The number of halogens is 1. The number of carbonyl (C=O) groups is 1. The second-order valence-electron chi connectivity index (χ2n) is 4.69. The fourth-order valence-corrected chi connectivity index (χ4v) is 3.39. The lowest BCUT2D eigenvalue weighted by Gasteiger charge is -2.07. The number of benzene rings is 2. The molecule has 2 aromatic rings. The lowest BCUT2D eigenvalue weighted by Crippen LogP contribution is -2.12. The Morgan fingerprint density at radius 3 is 2.55 bits per heavy atom. The van der Waals surface area contributed by atoms with Crippen LogP contribution in [0.15, 0.2) is 47.4 Å². The molecule has 0 aliphatic rings. The number of ketones is 1. The van der Waals surface area contributed by atoms with Crippen molar-refractivity contribution in [1.82, 2.24) is 0 Å². The minimum absolute atomic E-state index is 0.0236. The molecule has 2 nitrogen and oxygen atoms in total. The van der Waals surface area contributed by atoms with Crippen LogP contribution in [0.3, 0.4) is 0 Å². The quantitative estimate of drug-likeness (QED) is 0.802. The molecule has 0 N–H and O–H groups in total. The van der Waals surface area contributed by atoms with E-state index < -0.39 is 10.8 Å². The van der Waals surface area contributed by atoms with Crippen molar-refractivity contribution in [1.29, 1.82) is 0 Å². The molecule has 0 fully saturated rings. The van der Waals surface area contributed by atoms with Gasteiger partial charge >= 0.3 is 0 Å². The predicted octanol–water partition coefficient (Wildman–Crippen LogP) is 3.95. The van der Waals surface area contributed by atoms with Crippen LogP contribution in [-0.2, 0) is 10.8 Å². The third-order valence-corrected chi connectivity index (χ3v) is 4.69. The fourth-order valence-electron chi connectivity index (χ4n) is 2.00. The summed E-state index contributed by atoms with van der Waals surface area (Å²) >= 11 is 5.86. The molecule has 0 saturated carbocycles. The van der Waals surface area contributed by atoms with Crippen LogP contribution < -0.4 is 0 Å². The lowest BCUT2D eigenvalue weighted by atomic mass is 10.1. The molecule has 2 rings (SSSR count). The number of hydrogen-bond donors (Lipinski definition) is 0. The van der Waals surface area contributed by atoms with Crippen LogP contribution in [0.4, 0.5) is 0 Å². The van der Waals surface area contributed by atoms with Gasteiger partial charge < -0.3 is 0 Å². The lowest BCUT2D eigenvalue weighted by molar-refractivity contribution is 0.102. The number of aryl methyl sites for hydroxylation is 2. The van der Waals surface area contributed by atoms with Gasteiger partial charge in [0.1, 0.15) is 0 Å². The molecule has 0 saturated heterocycles. The molecular weight excluding hydrogens is 292 g/mol. The molecular formula is C16H15ClO2S. The van der Waals surface area contributed by atoms with Crippen LogP contribution in [0.1, 0.15) is 21.5 Å². The fraction of sp³-hybridized carbons (Fsp3) is 0.188. The highest BCUT2D eigenvalue weighted by atomic mass is 35.5. The summed E-state index contributed by atoms with van der Waals surface area (Å²) in [5, 5.41) is 0.508. The first-order valence-corrected chi connectivity index (χ1v) is 7.91. The van der Waals surface area contributed by atoms with Crippen molar-refractivity contribution in [2.45, 2.75) is 18.7 Å². The molecule has 20 heavy (non-hydrogen) atoms. The summed E-state index contributed by atoms with van der Waals surface area (Å²) in [5.74, 6) is -0.185. The van der Waals surface area contributed by atoms with Crippen molar-refractivity contribution in [3.8, 4) is 0 Å². The highest BCUT2D eigenvalue weighted by Crippen LogP contribution is 2.17. The van der Waals surface area contributed by atoms with Gasteiger partial charge in [0.25, 0.3) is 0 Å². The summed E-state index contributed by atoms with van der Waals surface area (Å²) in [6, 6.07) is 12.4. The highest BCUT2D eigenvalue weighted by Gasteiger charge is 2.14. The van der Waals surface area contributed by atoms with E-state index >= 15 is 0 Å². The molecule has 1 unspecified atom stereocenters. The van der Waals surface area contributed by atoms with E-state index in [1.165, 1.54) is 0 Å². The average molecular weight is 307 g/mol. The summed E-state index contributed by atoms with van der Waals surface area (Å²) in [6.45, 7) is 3.89. The van der Waals surface area contributed by atoms with Crippen molar-refractivity contribution in [2.75, 3.05) is 5.75 Å². The first-order valence-electron chi connectivity index (χ1n) is 6.22. The molecule has 0 spiro atoms. The van der Waals surface area contributed by atoms with E-state index in [-0.39, 0.29) is 11.5 Å². The SMILES string of the molecule is Cc1ccc(S(=O)CC(=O)c2cccc(Cl)c2)c(C)c1. The third-order valence-electron chi connectivity index (χ3n) is 2.98. The molecule has 104 valence electrons. The molecule has 0 bridgehead atoms. The zero-order valence-corrected chi connectivity index (χ0v) is 12.9. The maximum Gasteiger partial charge on any atom is 0.175 e. The average Bonchev–Trinajstić information content (AvgIpc) is 2.38. The van der Waals surface area contributed by atoms with Gasteiger partial charge in [-0.05, 0) is 37.6 Å². The summed E-state index contributed by atoms with van der Waals surface area (Å²) in [6.07, 6.45) is 0. The zero-order valence-electron chi connectivity index (χ0n) is 11.4. The smallest absolute Gasteiger partial charge is 0.175 e. The standard InChI is InChI=1S/C16H15ClO2S/c1-11-6-7-16(12(2)8-11)20(19)10-15(18)13-4-3-5-14(17)9-13/h3-9H,10H2,1-2H3. The van der Waals surface area contributed by atoms with Gasteiger partial charge in [0, 0.05) is 15.5 Å². The van der Waals surface area contributed by atoms with Crippen molar-refractivity contribution in [3.05, 3.63) is 64.2 Å². The Morgan fingerprint density at radius 1 is 1.15 bits per heavy atom. The Morgan fingerprint density at radius 2 is 1.90 bits per heavy atom. The van der Waals surface area contributed by atoms with Gasteiger partial charge in [-0.3, -0.25) is 9.00 Å². The van der Waals surface area contributed by atoms with Crippen LogP contribution in [0.25, 0.3) is 0 Å². The van der Waals surface area contributed by atoms with Gasteiger partial charge in [0.15, 0.2) is 5.78 Å². The van der Waals surface area contributed by atoms with Crippen molar-refractivity contribution in [2.24, 2.45) is 0 Å². The second-order valence-corrected chi connectivity index (χ2v) is 6.55. The Labute approximate surface area is 126 Å². The Kier molecular flexibility index (Phi) is 4.73. The van der Waals surface area contributed by atoms with Gasteiger partial charge in [0.2, 0.25) is 0 Å². The summed E-state index contributed by atoms with van der Waals surface area (Å²) in [4.78, 5) is 12.8. The number of Topliss-reactive ketones (excluding diaryl/α,β-unsaturated/α-hetero) is 1. The van der Waals surface area contributed by atoms with Gasteiger partial charge in [-0.15, -0.1) is 0 Å². The maximum absolute atomic E-state index is 12.3. The van der Waals surface area contributed by atoms with Crippen LogP contribution in [0, 0.1) is 13.8 Å². The van der Waals surface area contributed by atoms with E-state index in [0.717, 1.165) is 11.1 Å². The summed E-state index contributed by atoms with van der Waals surface area (Å²) in [5.41, 5.74) is 2.56. The Hall–Kier alpha value is -1.45. The normalized spacial score (nSPS) is 12.2. The minimum atomic E-state index is -1.33. The van der Waals surface area contributed by atoms with E-state index in [1.807, 2.05) is 32.0 Å². The van der Waals surface area contributed by atoms with Crippen molar-refractivity contribution in [3.63, 3.8) is 0 Å². The van der Waals surface area contributed by atoms with E-state index in [2.05, 4.69) is 0 Å². The third kappa shape index (κ3) is 3.56. The first kappa shape index (κ1) is 14.9. The molecule has 0 radical (unpaired) electrons. The minimum Gasteiger partial charge on any atom is -0.293 e. The molecule has 0 aliphatic carbocycles. The summed E-state index contributed by atoms with van der Waals surface area (Å²) in [7, 11) is -1.33. The van der Waals surface area contributed by atoms with Crippen molar-refractivity contribution >= 4 is 28.2 Å². The monoisotopic (exact) mass is 306 g/mol.